The van der Waals surface area contributed by atoms with E-state index in [4.69, 9.17) is 9.47 Å². The van der Waals surface area contributed by atoms with Crippen molar-refractivity contribution < 1.29 is 19.1 Å². The van der Waals surface area contributed by atoms with Crippen LogP contribution in [0, 0.1) is 0 Å². The largest absolute Gasteiger partial charge is 0.497 e. The highest BCUT2D eigenvalue weighted by Crippen LogP contribution is 2.37. The normalized spacial score (nSPS) is 10.4. The van der Waals surface area contributed by atoms with Gasteiger partial charge >= 0.3 is 0 Å². The van der Waals surface area contributed by atoms with Crippen LogP contribution in [-0.4, -0.2) is 42.8 Å². The fourth-order valence-corrected chi connectivity index (χ4v) is 4.51. The summed E-state index contributed by atoms with van der Waals surface area (Å²) in [6.45, 7) is 2.32. The molecule has 0 aliphatic carbocycles. The fraction of sp³-hybridized carbons (Fsp3) is 0.227. The molecule has 0 bridgehead atoms. The molecule has 0 aliphatic heterocycles. The third kappa shape index (κ3) is 6.73. The van der Waals surface area contributed by atoms with Crippen molar-refractivity contribution in [1.29, 1.82) is 0 Å². The molecule has 2 N–H and O–H groups in total. The summed E-state index contributed by atoms with van der Waals surface area (Å²) < 4.78 is 11.4. The maximum atomic E-state index is 12.5. The summed E-state index contributed by atoms with van der Waals surface area (Å²) in [5.41, 5.74) is 1.55. The van der Waals surface area contributed by atoms with Crippen molar-refractivity contribution in [2.45, 2.75) is 11.3 Å². The van der Waals surface area contributed by atoms with Crippen molar-refractivity contribution in [3.05, 3.63) is 54.6 Å². The molecule has 0 saturated heterocycles. The van der Waals surface area contributed by atoms with Gasteiger partial charge in [0, 0.05) is 12.1 Å². The number of anilines is 1. The molecule has 0 unspecified atom stereocenters. The highest BCUT2D eigenvalue weighted by Gasteiger charge is 2.17. The van der Waals surface area contributed by atoms with Crippen LogP contribution >= 0.6 is 23.1 Å². The lowest BCUT2D eigenvalue weighted by atomic mass is 10.2. The minimum atomic E-state index is -0.295. The van der Waals surface area contributed by atoms with Gasteiger partial charge in [0.2, 0.25) is 5.91 Å². The van der Waals surface area contributed by atoms with Crippen LogP contribution in [0.2, 0.25) is 0 Å². The summed E-state index contributed by atoms with van der Waals surface area (Å²) >= 11 is 2.68. The Morgan fingerprint density at radius 3 is 2.42 bits per heavy atom. The first-order valence-electron chi connectivity index (χ1n) is 9.61. The van der Waals surface area contributed by atoms with E-state index in [-0.39, 0.29) is 24.2 Å². The lowest BCUT2D eigenvalue weighted by Crippen LogP contribution is -2.24. The van der Waals surface area contributed by atoms with Crippen LogP contribution in [0.5, 0.6) is 11.5 Å². The molecule has 3 aromatic rings. The lowest BCUT2D eigenvalue weighted by Gasteiger charge is -2.08. The number of ether oxygens (including phenoxy) is 2. The molecule has 9 heteroatoms. The highest BCUT2D eigenvalue weighted by atomic mass is 32.2. The molecule has 31 heavy (non-hydrogen) atoms. The average Bonchev–Trinajstić information content (AvgIpc) is 3.20. The second-order valence-corrected chi connectivity index (χ2v) is 8.50. The van der Waals surface area contributed by atoms with Gasteiger partial charge in [0.1, 0.15) is 22.2 Å². The number of methoxy groups -OCH3 is 1. The number of aromatic nitrogens is 1. The zero-order valence-electron chi connectivity index (χ0n) is 17.2. The number of nitrogens with zero attached hydrogens (tertiary/aromatic N) is 1. The van der Waals surface area contributed by atoms with E-state index in [1.165, 1.54) is 23.1 Å². The lowest BCUT2D eigenvalue weighted by molar-refractivity contribution is -0.119. The van der Waals surface area contributed by atoms with Crippen LogP contribution in [0.3, 0.4) is 0 Å². The van der Waals surface area contributed by atoms with Gasteiger partial charge in [-0.1, -0.05) is 53.4 Å². The van der Waals surface area contributed by atoms with E-state index >= 15 is 0 Å². The Hall–Kier alpha value is -3.04. The van der Waals surface area contributed by atoms with Crippen LogP contribution in [0.4, 0.5) is 5.00 Å². The first-order chi connectivity index (χ1) is 15.1. The van der Waals surface area contributed by atoms with Gasteiger partial charge in [0.05, 0.1) is 12.9 Å². The van der Waals surface area contributed by atoms with Gasteiger partial charge in [-0.25, -0.2) is 4.98 Å². The molecule has 1 aromatic heterocycles. The number of thioether (sulfide) groups is 1. The number of hydrogen-bond donors (Lipinski definition) is 2. The molecule has 2 amide bonds. The first kappa shape index (κ1) is 22.6. The zero-order valence-corrected chi connectivity index (χ0v) is 18.8. The predicted octanol–water partition coefficient (Wildman–Crippen LogP) is 4.06. The number of amides is 2. The Bertz CT molecular complexity index is 1010. The van der Waals surface area contributed by atoms with Crippen LogP contribution < -0.4 is 20.1 Å². The summed E-state index contributed by atoms with van der Waals surface area (Å²) in [7, 11) is 1.59. The standard InChI is InChI=1S/C22H23N3O4S2/c1-3-23-19(27)14-30-22-25-20(15-7-5-4-6-8-15)21(31-22)24-18(26)13-29-17-11-9-16(28-2)10-12-17/h4-12H,3,13-14H2,1-2H3,(H,23,27)(H,24,26). The predicted molar refractivity (Wildman–Crippen MR) is 124 cm³/mol. The van der Waals surface area contributed by atoms with Gasteiger partial charge < -0.3 is 20.1 Å². The van der Waals surface area contributed by atoms with E-state index in [9.17, 15) is 9.59 Å². The Labute approximate surface area is 189 Å². The maximum Gasteiger partial charge on any atom is 0.262 e. The molecular formula is C22H23N3O4S2. The number of nitrogens with one attached hydrogen (secondary N) is 2. The average molecular weight is 458 g/mol. The Kier molecular flexibility index (Phi) is 8.31. The van der Waals surface area contributed by atoms with E-state index in [1.54, 1.807) is 31.4 Å². The van der Waals surface area contributed by atoms with Crippen molar-refractivity contribution in [2.75, 3.05) is 31.3 Å². The van der Waals surface area contributed by atoms with Gasteiger partial charge in [0.25, 0.3) is 5.91 Å². The third-order valence-corrected chi connectivity index (χ3v) is 6.15. The summed E-state index contributed by atoms with van der Waals surface area (Å²) in [6, 6.07) is 16.6. The molecule has 0 spiro atoms. The highest BCUT2D eigenvalue weighted by molar-refractivity contribution is 8.01. The van der Waals surface area contributed by atoms with Gasteiger partial charge in [-0.15, -0.1) is 0 Å². The van der Waals surface area contributed by atoms with Crippen molar-refractivity contribution >= 4 is 39.9 Å². The number of hydrogen-bond acceptors (Lipinski definition) is 7. The molecule has 3 rings (SSSR count). The van der Waals surface area contributed by atoms with Gasteiger partial charge in [-0.05, 0) is 31.2 Å². The smallest absolute Gasteiger partial charge is 0.262 e. The van der Waals surface area contributed by atoms with E-state index in [0.717, 1.165) is 5.56 Å². The molecule has 7 nitrogen and oxygen atoms in total. The number of benzene rings is 2. The number of rotatable bonds is 10. The molecular weight excluding hydrogens is 434 g/mol. The molecule has 0 saturated carbocycles. The summed E-state index contributed by atoms with van der Waals surface area (Å²) in [6.07, 6.45) is 0. The Morgan fingerprint density at radius 1 is 1.03 bits per heavy atom. The van der Waals surface area contributed by atoms with Gasteiger partial charge in [-0.3, -0.25) is 9.59 Å². The maximum absolute atomic E-state index is 12.5. The quantitative estimate of drug-likeness (QED) is 0.446. The molecule has 1 heterocycles. The molecule has 0 atom stereocenters. The van der Waals surface area contributed by atoms with Gasteiger partial charge in [0.15, 0.2) is 10.9 Å². The summed E-state index contributed by atoms with van der Waals surface area (Å²) in [5.74, 6) is 1.21. The second kappa shape index (κ2) is 11.4. The molecule has 0 fully saturated rings. The van der Waals surface area contributed by atoms with Crippen LogP contribution in [0.15, 0.2) is 58.9 Å². The summed E-state index contributed by atoms with van der Waals surface area (Å²) in [4.78, 5) is 28.9. The number of carbonyl (C=O) groups is 2. The Morgan fingerprint density at radius 2 is 1.74 bits per heavy atom. The summed E-state index contributed by atoms with van der Waals surface area (Å²) in [5, 5.41) is 6.27. The Balaban J connectivity index is 1.68. The van der Waals surface area contributed by atoms with Crippen molar-refractivity contribution in [1.82, 2.24) is 10.3 Å². The van der Waals surface area contributed by atoms with Crippen molar-refractivity contribution in [3.63, 3.8) is 0 Å². The number of thiazole rings is 1. The van der Waals surface area contributed by atoms with E-state index in [0.29, 0.717) is 33.1 Å². The van der Waals surface area contributed by atoms with Crippen LogP contribution in [0.1, 0.15) is 6.92 Å². The minimum Gasteiger partial charge on any atom is -0.497 e. The van der Waals surface area contributed by atoms with Crippen molar-refractivity contribution in [3.8, 4) is 22.8 Å². The SMILES string of the molecule is CCNC(=O)CSc1nc(-c2ccccc2)c(NC(=O)COc2ccc(OC)cc2)s1. The molecule has 0 radical (unpaired) electrons. The fourth-order valence-electron chi connectivity index (χ4n) is 2.60. The minimum absolute atomic E-state index is 0.0533. The van der Waals surface area contributed by atoms with Crippen molar-refractivity contribution in [2.24, 2.45) is 0 Å². The van der Waals surface area contributed by atoms with E-state index in [2.05, 4.69) is 15.6 Å². The van der Waals surface area contributed by atoms with Crippen LogP contribution in [-0.2, 0) is 9.59 Å². The topological polar surface area (TPSA) is 89.6 Å². The first-order valence-corrected chi connectivity index (χ1v) is 11.4. The monoisotopic (exact) mass is 457 g/mol. The van der Waals surface area contributed by atoms with E-state index < -0.39 is 0 Å². The molecule has 2 aromatic carbocycles. The third-order valence-electron chi connectivity index (χ3n) is 4.04. The van der Waals surface area contributed by atoms with Crippen LogP contribution in [0.25, 0.3) is 11.3 Å². The molecule has 0 aliphatic rings. The molecule has 162 valence electrons. The second-order valence-electron chi connectivity index (χ2n) is 6.28. The van der Waals surface area contributed by atoms with Gasteiger partial charge in [-0.2, -0.15) is 0 Å². The zero-order chi connectivity index (χ0) is 22.1. The number of carbonyl (C=O) groups excluding carboxylic acids is 2. The van der Waals surface area contributed by atoms with E-state index in [1.807, 2.05) is 37.3 Å².